The van der Waals surface area contributed by atoms with Gasteiger partial charge in [-0.2, -0.15) is 0 Å². The van der Waals surface area contributed by atoms with Crippen molar-refractivity contribution in [3.8, 4) is 11.5 Å². The molecular formula is C17H28BrNO2. The zero-order valence-electron chi connectivity index (χ0n) is 14.0. The molecule has 0 fully saturated rings. The molecule has 1 atom stereocenters. The Hall–Kier alpha value is -0.740. The Kier molecular flexibility index (Phi) is 7.01. The van der Waals surface area contributed by atoms with Gasteiger partial charge in [0.25, 0.3) is 0 Å². The van der Waals surface area contributed by atoms with Crippen LogP contribution in [0.15, 0.2) is 16.6 Å². The van der Waals surface area contributed by atoms with Crippen LogP contribution in [0.3, 0.4) is 0 Å². The van der Waals surface area contributed by atoms with Gasteiger partial charge in [-0.1, -0.05) is 43.6 Å². The number of hydrogen-bond acceptors (Lipinski definition) is 3. The molecule has 1 aromatic carbocycles. The van der Waals surface area contributed by atoms with Gasteiger partial charge in [-0.15, -0.1) is 0 Å². The van der Waals surface area contributed by atoms with Crippen LogP contribution < -0.4 is 14.8 Å². The number of ether oxygens (including phenoxy) is 2. The minimum absolute atomic E-state index is 0.150. The van der Waals surface area contributed by atoms with Crippen LogP contribution in [0.25, 0.3) is 0 Å². The summed E-state index contributed by atoms with van der Waals surface area (Å²) in [5, 5.41) is 3.68. The Morgan fingerprint density at radius 3 is 2.19 bits per heavy atom. The van der Waals surface area contributed by atoms with Gasteiger partial charge in [-0.25, -0.2) is 0 Å². The topological polar surface area (TPSA) is 30.5 Å². The number of halogens is 1. The molecule has 1 aromatic rings. The molecule has 0 saturated heterocycles. The summed E-state index contributed by atoms with van der Waals surface area (Å²) in [5.74, 6) is 1.52. The zero-order valence-corrected chi connectivity index (χ0v) is 15.6. The predicted octanol–water partition coefficient (Wildman–Crippen LogP) is 4.94. The molecule has 0 aliphatic rings. The van der Waals surface area contributed by atoms with Gasteiger partial charge in [0.1, 0.15) is 0 Å². The van der Waals surface area contributed by atoms with Crippen molar-refractivity contribution in [2.75, 3.05) is 20.8 Å². The summed E-state index contributed by atoms with van der Waals surface area (Å²) in [6.07, 6.45) is 2.20. The highest BCUT2D eigenvalue weighted by atomic mass is 79.9. The monoisotopic (exact) mass is 357 g/mol. The second kappa shape index (κ2) is 8.04. The van der Waals surface area contributed by atoms with Crippen molar-refractivity contribution in [1.29, 1.82) is 0 Å². The van der Waals surface area contributed by atoms with Gasteiger partial charge in [0.15, 0.2) is 11.5 Å². The molecular weight excluding hydrogens is 330 g/mol. The van der Waals surface area contributed by atoms with E-state index in [0.717, 1.165) is 35.4 Å². The zero-order chi connectivity index (χ0) is 16.0. The number of hydrogen-bond donors (Lipinski definition) is 1. The lowest BCUT2D eigenvalue weighted by molar-refractivity contribution is 0.233. The van der Waals surface area contributed by atoms with Gasteiger partial charge in [-0.05, 0) is 42.5 Å². The molecule has 0 aliphatic heterocycles. The van der Waals surface area contributed by atoms with Crippen molar-refractivity contribution in [2.45, 2.75) is 46.6 Å². The number of methoxy groups -OCH3 is 2. The molecule has 0 amide bonds. The van der Waals surface area contributed by atoms with Crippen molar-refractivity contribution in [2.24, 2.45) is 5.41 Å². The lowest BCUT2D eigenvalue weighted by Gasteiger charge is -2.35. The fraction of sp³-hybridized carbons (Fsp3) is 0.647. The van der Waals surface area contributed by atoms with E-state index in [2.05, 4.69) is 55.0 Å². The Balaban J connectivity index is 3.29. The first-order valence-electron chi connectivity index (χ1n) is 7.56. The third-order valence-electron chi connectivity index (χ3n) is 4.11. The van der Waals surface area contributed by atoms with Crippen molar-refractivity contribution in [3.63, 3.8) is 0 Å². The van der Waals surface area contributed by atoms with Crippen LogP contribution in [0.5, 0.6) is 11.5 Å². The summed E-state index contributed by atoms with van der Waals surface area (Å²) in [6, 6.07) is 4.32. The van der Waals surface area contributed by atoms with E-state index >= 15 is 0 Å². The predicted molar refractivity (Wildman–Crippen MR) is 92.4 cm³/mol. The molecule has 0 aliphatic carbocycles. The number of benzene rings is 1. The van der Waals surface area contributed by atoms with Crippen LogP contribution in [0.2, 0.25) is 0 Å². The molecule has 1 rings (SSSR count). The standard InChI is InChI=1S/C17H28BrNO2/c1-7-9-19-16(17(3,4)8-2)12-10-14(20-5)15(21-6)11-13(12)18/h10-11,16,19H,7-9H2,1-6H3. The SMILES string of the molecule is CCCNC(c1cc(OC)c(OC)cc1Br)C(C)(C)CC. The van der Waals surface area contributed by atoms with Gasteiger partial charge in [0.05, 0.1) is 14.2 Å². The maximum atomic E-state index is 5.46. The summed E-state index contributed by atoms with van der Waals surface area (Å²) < 4.78 is 11.9. The molecule has 3 nitrogen and oxygen atoms in total. The molecule has 0 saturated carbocycles. The Labute approximate surface area is 137 Å². The van der Waals surface area contributed by atoms with Crippen molar-refractivity contribution in [3.05, 3.63) is 22.2 Å². The molecule has 1 unspecified atom stereocenters. The molecule has 0 spiro atoms. The fourth-order valence-corrected chi connectivity index (χ4v) is 2.94. The molecule has 0 radical (unpaired) electrons. The van der Waals surface area contributed by atoms with E-state index in [1.807, 2.05) is 6.07 Å². The van der Waals surface area contributed by atoms with E-state index in [9.17, 15) is 0 Å². The summed E-state index contributed by atoms with van der Waals surface area (Å²) in [5.41, 5.74) is 1.37. The van der Waals surface area contributed by atoms with Crippen molar-refractivity contribution < 1.29 is 9.47 Å². The summed E-state index contributed by atoms with van der Waals surface area (Å²) in [7, 11) is 3.34. The van der Waals surface area contributed by atoms with Crippen LogP contribution in [-0.4, -0.2) is 20.8 Å². The van der Waals surface area contributed by atoms with Crippen LogP contribution in [0.1, 0.15) is 52.1 Å². The van der Waals surface area contributed by atoms with Gasteiger partial charge in [0.2, 0.25) is 0 Å². The quantitative estimate of drug-likeness (QED) is 0.714. The van der Waals surface area contributed by atoms with E-state index < -0.39 is 0 Å². The minimum Gasteiger partial charge on any atom is -0.493 e. The fourth-order valence-electron chi connectivity index (χ4n) is 2.39. The molecule has 0 bridgehead atoms. The second-order valence-electron chi connectivity index (χ2n) is 5.96. The minimum atomic E-state index is 0.150. The lowest BCUT2D eigenvalue weighted by Crippen LogP contribution is -2.34. The second-order valence-corrected chi connectivity index (χ2v) is 6.81. The first kappa shape index (κ1) is 18.3. The van der Waals surface area contributed by atoms with Gasteiger partial charge in [0, 0.05) is 10.5 Å². The van der Waals surface area contributed by atoms with Gasteiger partial charge < -0.3 is 14.8 Å². The molecule has 0 aromatic heterocycles. The lowest BCUT2D eigenvalue weighted by atomic mass is 9.78. The maximum absolute atomic E-state index is 5.46. The molecule has 0 heterocycles. The maximum Gasteiger partial charge on any atom is 0.161 e. The Morgan fingerprint density at radius 1 is 1.14 bits per heavy atom. The highest BCUT2D eigenvalue weighted by Crippen LogP contribution is 2.43. The number of rotatable bonds is 8. The normalized spacial score (nSPS) is 13.1. The molecule has 21 heavy (non-hydrogen) atoms. The first-order valence-corrected chi connectivity index (χ1v) is 8.35. The van der Waals surface area contributed by atoms with Crippen molar-refractivity contribution >= 4 is 15.9 Å². The van der Waals surface area contributed by atoms with E-state index in [0.29, 0.717) is 0 Å². The van der Waals surface area contributed by atoms with Crippen LogP contribution >= 0.6 is 15.9 Å². The van der Waals surface area contributed by atoms with Gasteiger partial charge >= 0.3 is 0 Å². The molecule has 4 heteroatoms. The average molecular weight is 358 g/mol. The average Bonchev–Trinajstić information content (AvgIpc) is 2.48. The van der Waals surface area contributed by atoms with E-state index in [4.69, 9.17) is 9.47 Å². The molecule has 1 N–H and O–H groups in total. The largest absolute Gasteiger partial charge is 0.493 e. The third-order valence-corrected chi connectivity index (χ3v) is 4.79. The highest BCUT2D eigenvalue weighted by Gasteiger charge is 2.31. The van der Waals surface area contributed by atoms with E-state index in [-0.39, 0.29) is 11.5 Å². The van der Waals surface area contributed by atoms with Crippen LogP contribution in [0.4, 0.5) is 0 Å². The first-order chi connectivity index (χ1) is 9.91. The van der Waals surface area contributed by atoms with Gasteiger partial charge in [-0.3, -0.25) is 0 Å². The summed E-state index contributed by atoms with van der Waals surface area (Å²) in [6.45, 7) is 10.0. The summed E-state index contributed by atoms with van der Waals surface area (Å²) >= 11 is 3.69. The number of nitrogens with one attached hydrogen (secondary N) is 1. The van der Waals surface area contributed by atoms with Crippen LogP contribution in [-0.2, 0) is 0 Å². The molecule has 120 valence electrons. The smallest absolute Gasteiger partial charge is 0.161 e. The van der Waals surface area contributed by atoms with E-state index in [1.54, 1.807) is 14.2 Å². The Bertz CT molecular complexity index is 460. The van der Waals surface area contributed by atoms with Crippen LogP contribution in [0, 0.1) is 5.41 Å². The van der Waals surface area contributed by atoms with E-state index in [1.165, 1.54) is 5.56 Å². The summed E-state index contributed by atoms with van der Waals surface area (Å²) in [4.78, 5) is 0. The third kappa shape index (κ3) is 4.36. The Morgan fingerprint density at radius 2 is 1.71 bits per heavy atom. The van der Waals surface area contributed by atoms with Crippen molar-refractivity contribution in [1.82, 2.24) is 5.32 Å². The highest BCUT2D eigenvalue weighted by molar-refractivity contribution is 9.10.